The van der Waals surface area contributed by atoms with Crippen molar-refractivity contribution < 1.29 is 9.52 Å². The molecule has 0 bridgehead atoms. The summed E-state index contributed by atoms with van der Waals surface area (Å²) in [5.41, 5.74) is 3.38. The maximum absolute atomic E-state index is 9.51. The molecule has 3 aromatic rings. The Hall–Kier alpha value is -2.47. The van der Waals surface area contributed by atoms with Crippen molar-refractivity contribution in [1.82, 2.24) is 14.8 Å². The molecule has 4 rings (SSSR count). The average Bonchev–Trinajstić information content (AvgIpc) is 3.19. The molecule has 2 heterocycles. The maximum atomic E-state index is 9.51. The highest BCUT2D eigenvalue weighted by Gasteiger charge is 2.24. The third-order valence-corrected chi connectivity index (χ3v) is 5.24. The number of likely N-dealkylation sites (N-methyl/N-ethyl adjacent to an activating group) is 1. The van der Waals surface area contributed by atoms with Crippen LogP contribution in [-0.2, 0) is 6.54 Å². The maximum Gasteiger partial charge on any atom is 0.209 e. The van der Waals surface area contributed by atoms with Gasteiger partial charge in [-0.25, -0.2) is 4.98 Å². The third kappa shape index (κ3) is 4.11. The number of oxazole rings is 1. The summed E-state index contributed by atoms with van der Waals surface area (Å²) < 4.78 is 6.03. The van der Waals surface area contributed by atoms with Gasteiger partial charge >= 0.3 is 0 Å². The van der Waals surface area contributed by atoms with E-state index in [4.69, 9.17) is 4.42 Å². The third-order valence-electron chi connectivity index (χ3n) is 5.24. The SMILES string of the molecule is CN1CCN(Cc2ncc(-c3cccc(-c4ccccc4)c3)o2)CC1CO. The zero-order valence-electron chi connectivity index (χ0n) is 15.6. The fourth-order valence-corrected chi connectivity index (χ4v) is 3.54. The molecule has 5 nitrogen and oxygen atoms in total. The van der Waals surface area contributed by atoms with Crippen molar-refractivity contribution in [2.75, 3.05) is 33.3 Å². The van der Waals surface area contributed by atoms with Crippen molar-refractivity contribution >= 4 is 0 Å². The van der Waals surface area contributed by atoms with Gasteiger partial charge in [-0.1, -0.05) is 48.5 Å². The number of hydrogen-bond donors (Lipinski definition) is 1. The number of rotatable bonds is 5. The predicted molar refractivity (Wildman–Crippen MR) is 106 cm³/mol. The van der Waals surface area contributed by atoms with E-state index in [0.29, 0.717) is 6.54 Å². The Morgan fingerprint density at radius 3 is 2.63 bits per heavy atom. The first-order valence-corrected chi connectivity index (χ1v) is 9.37. The van der Waals surface area contributed by atoms with Crippen LogP contribution in [-0.4, -0.2) is 59.2 Å². The Morgan fingerprint density at radius 1 is 1.04 bits per heavy atom. The van der Waals surface area contributed by atoms with Gasteiger partial charge in [-0.15, -0.1) is 0 Å². The molecule has 1 unspecified atom stereocenters. The molecular formula is C22H25N3O2. The lowest BCUT2D eigenvalue weighted by molar-refractivity contribution is 0.0501. The zero-order valence-corrected chi connectivity index (χ0v) is 15.6. The summed E-state index contributed by atoms with van der Waals surface area (Å²) in [4.78, 5) is 8.96. The molecule has 0 spiro atoms. The highest BCUT2D eigenvalue weighted by Crippen LogP contribution is 2.27. The van der Waals surface area contributed by atoms with Gasteiger partial charge < -0.3 is 9.52 Å². The molecule has 0 aliphatic carbocycles. The molecule has 1 aliphatic heterocycles. The van der Waals surface area contributed by atoms with E-state index >= 15 is 0 Å². The van der Waals surface area contributed by atoms with Gasteiger partial charge in [-0.2, -0.15) is 0 Å². The Labute approximate surface area is 159 Å². The molecule has 1 aromatic heterocycles. The molecule has 27 heavy (non-hydrogen) atoms. The first-order valence-electron chi connectivity index (χ1n) is 9.37. The number of piperazine rings is 1. The zero-order chi connectivity index (χ0) is 18.6. The largest absolute Gasteiger partial charge is 0.439 e. The lowest BCUT2D eigenvalue weighted by Crippen LogP contribution is -2.52. The van der Waals surface area contributed by atoms with E-state index in [1.807, 2.05) is 30.3 Å². The number of aliphatic hydroxyl groups excluding tert-OH is 1. The molecule has 0 saturated carbocycles. The van der Waals surface area contributed by atoms with Crippen LogP contribution in [0.3, 0.4) is 0 Å². The van der Waals surface area contributed by atoms with Gasteiger partial charge in [0.05, 0.1) is 19.3 Å². The van der Waals surface area contributed by atoms with Gasteiger partial charge in [0.2, 0.25) is 5.89 Å². The minimum atomic E-state index is 0.177. The second kappa shape index (κ2) is 8.05. The fraction of sp³-hybridized carbons (Fsp3) is 0.318. The van der Waals surface area contributed by atoms with Crippen molar-refractivity contribution in [3.8, 4) is 22.5 Å². The van der Waals surface area contributed by atoms with Gasteiger partial charge in [0.1, 0.15) is 0 Å². The van der Waals surface area contributed by atoms with E-state index in [1.165, 1.54) is 5.56 Å². The summed E-state index contributed by atoms with van der Waals surface area (Å²) in [6.45, 7) is 3.57. The van der Waals surface area contributed by atoms with E-state index in [2.05, 4.69) is 46.1 Å². The number of benzene rings is 2. The van der Waals surface area contributed by atoms with Gasteiger partial charge in [0, 0.05) is 31.2 Å². The van der Waals surface area contributed by atoms with E-state index in [9.17, 15) is 5.11 Å². The quantitative estimate of drug-likeness (QED) is 0.755. The van der Waals surface area contributed by atoms with Crippen molar-refractivity contribution in [1.29, 1.82) is 0 Å². The first-order chi connectivity index (χ1) is 13.2. The average molecular weight is 363 g/mol. The molecular weight excluding hydrogens is 338 g/mol. The minimum Gasteiger partial charge on any atom is -0.439 e. The summed E-state index contributed by atoms with van der Waals surface area (Å²) in [5.74, 6) is 1.51. The van der Waals surface area contributed by atoms with E-state index in [0.717, 1.165) is 42.4 Å². The smallest absolute Gasteiger partial charge is 0.209 e. The summed E-state index contributed by atoms with van der Waals surface area (Å²) in [6.07, 6.45) is 1.80. The van der Waals surface area contributed by atoms with Crippen LogP contribution in [0.1, 0.15) is 5.89 Å². The second-order valence-electron chi connectivity index (χ2n) is 7.12. The van der Waals surface area contributed by atoms with Gasteiger partial charge in [-0.3, -0.25) is 9.80 Å². The fourth-order valence-electron chi connectivity index (χ4n) is 3.54. The Kier molecular flexibility index (Phi) is 5.34. The molecule has 1 aliphatic rings. The molecule has 0 radical (unpaired) electrons. The lowest BCUT2D eigenvalue weighted by Gasteiger charge is -2.37. The van der Waals surface area contributed by atoms with Crippen molar-refractivity contribution in [2.24, 2.45) is 0 Å². The first kappa shape index (κ1) is 17.9. The molecule has 5 heteroatoms. The molecule has 1 saturated heterocycles. The minimum absolute atomic E-state index is 0.177. The van der Waals surface area contributed by atoms with Crippen molar-refractivity contribution in [2.45, 2.75) is 12.6 Å². The highest BCUT2D eigenvalue weighted by molar-refractivity contribution is 5.70. The van der Waals surface area contributed by atoms with Crippen LogP contribution in [0.15, 0.2) is 65.2 Å². The summed E-state index contributed by atoms with van der Waals surface area (Å²) in [5, 5.41) is 9.51. The predicted octanol–water partition coefficient (Wildman–Crippen LogP) is 3.12. The van der Waals surface area contributed by atoms with E-state index in [-0.39, 0.29) is 12.6 Å². The number of hydrogen-bond acceptors (Lipinski definition) is 5. The van der Waals surface area contributed by atoms with E-state index in [1.54, 1.807) is 6.20 Å². The Balaban J connectivity index is 1.48. The monoisotopic (exact) mass is 363 g/mol. The van der Waals surface area contributed by atoms with Crippen LogP contribution in [0, 0.1) is 0 Å². The molecule has 2 aromatic carbocycles. The van der Waals surface area contributed by atoms with Crippen LogP contribution in [0.2, 0.25) is 0 Å². The van der Waals surface area contributed by atoms with Gasteiger partial charge in [0.25, 0.3) is 0 Å². The molecule has 140 valence electrons. The van der Waals surface area contributed by atoms with Crippen LogP contribution in [0.25, 0.3) is 22.5 Å². The van der Waals surface area contributed by atoms with Gasteiger partial charge in [-0.05, 0) is 24.2 Å². The molecule has 0 amide bonds. The summed E-state index contributed by atoms with van der Waals surface area (Å²) in [7, 11) is 2.06. The second-order valence-corrected chi connectivity index (χ2v) is 7.12. The Bertz CT molecular complexity index is 878. The van der Waals surface area contributed by atoms with Crippen LogP contribution >= 0.6 is 0 Å². The number of nitrogens with zero attached hydrogens (tertiary/aromatic N) is 3. The summed E-state index contributed by atoms with van der Waals surface area (Å²) >= 11 is 0. The topological polar surface area (TPSA) is 52.7 Å². The van der Waals surface area contributed by atoms with Crippen LogP contribution < -0.4 is 0 Å². The van der Waals surface area contributed by atoms with Crippen LogP contribution in [0.5, 0.6) is 0 Å². The van der Waals surface area contributed by atoms with Crippen molar-refractivity contribution in [3.05, 3.63) is 66.7 Å². The molecule has 1 N–H and O–H groups in total. The summed E-state index contributed by atoms with van der Waals surface area (Å²) in [6, 6.07) is 18.8. The van der Waals surface area contributed by atoms with Crippen LogP contribution in [0.4, 0.5) is 0 Å². The Morgan fingerprint density at radius 2 is 1.81 bits per heavy atom. The standard InChI is InChI=1S/C22H25N3O2/c1-24-10-11-25(14-20(24)16-26)15-22-23-13-21(27-22)19-9-5-8-18(12-19)17-6-3-2-4-7-17/h2-9,12-13,20,26H,10-11,14-16H2,1H3. The molecule has 1 fully saturated rings. The van der Waals surface area contributed by atoms with E-state index < -0.39 is 0 Å². The highest BCUT2D eigenvalue weighted by atomic mass is 16.4. The van der Waals surface area contributed by atoms with Crippen molar-refractivity contribution in [3.63, 3.8) is 0 Å². The number of aliphatic hydroxyl groups is 1. The normalized spacial score (nSPS) is 18.7. The van der Waals surface area contributed by atoms with Gasteiger partial charge in [0.15, 0.2) is 5.76 Å². The number of aromatic nitrogens is 1. The molecule has 1 atom stereocenters. The lowest BCUT2D eigenvalue weighted by atomic mass is 10.0.